The third-order valence-corrected chi connectivity index (χ3v) is 5.32. The smallest absolute Gasteiger partial charge is 0.336 e. The lowest BCUT2D eigenvalue weighted by Gasteiger charge is -2.17. The predicted octanol–water partition coefficient (Wildman–Crippen LogP) is 3.41. The Labute approximate surface area is 178 Å². The molecular weight excluding hydrogens is 418 g/mol. The Morgan fingerprint density at radius 2 is 1.81 bits per heavy atom. The van der Waals surface area contributed by atoms with E-state index in [9.17, 15) is 18.0 Å². The van der Waals surface area contributed by atoms with Crippen molar-refractivity contribution in [2.45, 2.75) is 6.92 Å². The van der Waals surface area contributed by atoms with Crippen LogP contribution in [0.25, 0.3) is 11.0 Å². The molecule has 0 atom stereocenters. The van der Waals surface area contributed by atoms with Crippen LogP contribution in [0.2, 0.25) is 0 Å². The van der Waals surface area contributed by atoms with Crippen molar-refractivity contribution in [2.75, 3.05) is 9.62 Å². The van der Waals surface area contributed by atoms with Crippen LogP contribution < -0.4 is 15.2 Å². The highest BCUT2D eigenvalue weighted by molar-refractivity contribution is 7.74. The molecule has 0 radical (unpaired) electrons. The number of nitrogens with zero attached hydrogens (tertiary/aromatic N) is 2. The highest BCUT2D eigenvalue weighted by Gasteiger charge is 2.16. The molecule has 4 aromatic rings. The van der Waals surface area contributed by atoms with E-state index in [0.717, 1.165) is 9.87 Å². The lowest BCUT2D eigenvalue weighted by molar-refractivity contribution is 0.102. The van der Waals surface area contributed by atoms with E-state index in [-0.39, 0.29) is 17.0 Å². The van der Waals surface area contributed by atoms with Crippen molar-refractivity contribution in [3.8, 4) is 0 Å². The van der Waals surface area contributed by atoms with Crippen LogP contribution in [0, 0.1) is 6.92 Å². The zero-order valence-corrected chi connectivity index (χ0v) is 17.2. The summed E-state index contributed by atoms with van der Waals surface area (Å²) in [6, 6.07) is 17.7. The summed E-state index contributed by atoms with van der Waals surface area (Å²) < 4.78 is 30.1. The molecule has 0 unspecified atom stereocenters. The fourth-order valence-corrected chi connectivity index (χ4v) is 3.68. The first-order valence-electron chi connectivity index (χ1n) is 9.24. The van der Waals surface area contributed by atoms with Crippen LogP contribution in [0.5, 0.6) is 0 Å². The minimum Gasteiger partial charge on any atom is -0.422 e. The van der Waals surface area contributed by atoms with Crippen molar-refractivity contribution in [3.05, 3.63) is 94.5 Å². The van der Waals surface area contributed by atoms with Gasteiger partial charge in [0.05, 0.1) is 11.3 Å². The number of thiol groups is 1. The van der Waals surface area contributed by atoms with Crippen LogP contribution in [0.3, 0.4) is 0 Å². The molecule has 0 saturated carbocycles. The van der Waals surface area contributed by atoms with Gasteiger partial charge < -0.3 is 9.73 Å². The SMILES string of the molecule is Cc1ccc(N(c2cc(NC(=O)c3cccc4ccc(=O)oc34)ccn2)[SH](=O)=O)cc1. The minimum absolute atomic E-state index is 0.127. The number of hydrogen-bond donors (Lipinski definition) is 2. The third kappa shape index (κ3) is 4.31. The average molecular weight is 435 g/mol. The maximum atomic E-state index is 12.8. The van der Waals surface area contributed by atoms with Gasteiger partial charge in [0.2, 0.25) is 10.9 Å². The zero-order valence-electron chi connectivity index (χ0n) is 16.3. The lowest BCUT2D eigenvalue weighted by atomic mass is 10.1. The van der Waals surface area contributed by atoms with Gasteiger partial charge in [-0.15, -0.1) is 0 Å². The van der Waals surface area contributed by atoms with Gasteiger partial charge in [0.15, 0.2) is 5.58 Å². The predicted molar refractivity (Wildman–Crippen MR) is 118 cm³/mol. The molecule has 9 heteroatoms. The van der Waals surface area contributed by atoms with Crippen molar-refractivity contribution in [1.82, 2.24) is 4.98 Å². The minimum atomic E-state index is -3.02. The van der Waals surface area contributed by atoms with Gasteiger partial charge >= 0.3 is 5.63 Å². The van der Waals surface area contributed by atoms with Crippen molar-refractivity contribution < 1.29 is 17.6 Å². The molecule has 0 bridgehead atoms. The molecule has 31 heavy (non-hydrogen) atoms. The van der Waals surface area contributed by atoms with Gasteiger partial charge in [0.1, 0.15) is 5.82 Å². The summed E-state index contributed by atoms with van der Waals surface area (Å²) in [7, 11) is -3.02. The van der Waals surface area contributed by atoms with Crippen molar-refractivity contribution in [1.29, 1.82) is 0 Å². The first-order valence-corrected chi connectivity index (χ1v) is 10.4. The molecule has 2 heterocycles. The molecule has 4 rings (SSSR count). The molecule has 1 amide bonds. The Balaban J connectivity index is 1.67. The Hall–Kier alpha value is -3.98. The molecule has 0 aliphatic carbocycles. The van der Waals surface area contributed by atoms with E-state index in [0.29, 0.717) is 16.8 Å². The number of aromatic nitrogens is 1. The number of hydrogen-bond acceptors (Lipinski definition) is 6. The molecule has 2 aromatic carbocycles. The van der Waals surface area contributed by atoms with Crippen LogP contribution in [0.15, 0.2) is 82.1 Å². The van der Waals surface area contributed by atoms with Crippen molar-refractivity contribution in [3.63, 3.8) is 0 Å². The van der Waals surface area contributed by atoms with Gasteiger partial charge in [-0.05, 0) is 37.3 Å². The topological polar surface area (TPSA) is 110 Å². The van der Waals surface area contributed by atoms with Gasteiger partial charge in [-0.1, -0.05) is 29.8 Å². The molecule has 8 nitrogen and oxygen atoms in total. The second-order valence-corrected chi connectivity index (χ2v) is 7.60. The number of amides is 1. The number of pyridine rings is 1. The summed E-state index contributed by atoms with van der Waals surface area (Å²) in [5.41, 5.74) is 1.53. The van der Waals surface area contributed by atoms with Crippen LogP contribution in [0.4, 0.5) is 17.2 Å². The summed E-state index contributed by atoms with van der Waals surface area (Å²) in [6.45, 7) is 1.90. The largest absolute Gasteiger partial charge is 0.422 e. The Morgan fingerprint density at radius 3 is 2.55 bits per heavy atom. The monoisotopic (exact) mass is 435 g/mol. The van der Waals surface area contributed by atoms with Gasteiger partial charge in [0, 0.05) is 29.4 Å². The summed E-state index contributed by atoms with van der Waals surface area (Å²) >= 11 is 0. The number of fused-ring (bicyclic) bond motifs is 1. The standard InChI is InChI=1S/C22H17N3O5S/c1-14-5-8-17(9-6-14)25(31(28)29)19-13-16(11-12-23-19)24-22(27)18-4-2-3-15-7-10-20(26)30-21(15)18/h2-13,31H,1H3,(H,23,24,27). The Morgan fingerprint density at radius 1 is 1.03 bits per heavy atom. The van der Waals surface area contributed by atoms with E-state index in [1.807, 2.05) is 6.92 Å². The van der Waals surface area contributed by atoms with Crippen molar-refractivity contribution >= 4 is 45.0 Å². The molecule has 156 valence electrons. The Kier molecular flexibility index (Phi) is 5.50. The van der Waals surface area contributed by atoms with E-state index < -0.39 is 22.4 Å². The number of rotatable bonds is 5. The third-order valence-electron chi connectivity index (χ3n) is 4.55. The van der Waals surface area contributed by atoms with E-state index in [1.165, 1.54) is 30.5 Å². The second kappa shape index (κ2) is 8.41. The fraction of sp³-hybridized carbons (Fsp3) is 0.0455. The first kappa shape index (κ1) is 20.3. The molecular formula is C22H17N3O5S. The van der Waals surface area contributed by atoms with E-state index in [1.54, 1.807) is 42.5 Å². The number of anilines is 3. The van der Waals surface area contributed by atoms with Gasteiger partial charge in [-0.3, -0.25) is 4.79 Å². The molecule has 0 spiro atoms. The maximum absolute atomic E-state index is 12.8. The molecule has 0 aliphatic rings. The van der Waals surface area contributed by atoms with Gasteiger partial charge in [-0.25, -0.2) is 22.5 Å². The van der Waals surface area contributed by atoms with Crippen LogP contribution in [-0.4, -0.2) is 19.3 Å². The molecule has 0 aliphatic heterocycles. The fourth-order valence-electron chi connectivity index (χ4n) is 3.08. The quantitative estimate of drug-likeness (QED) is 0.367. The number of nitrogens with one attached hydrogen (secondary N) is 1. The van der Waals surface area contributed by atoms with Crippen LogP contribution in [-0.2, 0) is 10.9 Å². The lowest BCUT2D eigenvalue weighted by Crippen LogP contribution is -2.17. The van der Waals surface area contributed by atoms with Crippen LogP contribution in [0.1, 0.15) is 15.9 Å². The van der Waals surface area contributed by atoms with Gasteiger partial charge in [-0.2, -0.15) is 0 Å². The number of carbonyl (C=O) groups is 1. The van der Waals surface area contributed by atoms with Gasteiger partial charge in [0.25, 0.3) is 5.91 Å². The second-order valence-electron chi connectivity index (χ2n) is 6.72. The maximum Gasteiger partial charge on any atom is 0.336 e. The summed E-state index contributed by atoms with van der Waals surface area (Å²) in [4.78, 5) is 28.6. The van der Waals surface area contributed by atoms with Crippen molar-refractivity contribution in [2.24, 2.45) is 0 Å². The summed E-state index contributed by atoms with van der Waals surface area (Å²) in [5.74, 6) is -0.382. The summed E-state index contributed by atoms with van der Waals surface area (Å²) in [5, 5.41) is 3.31. The Bertz CT molecular complexity index is 1400. The molecule has 2 aromatic heterocycles. The average Bonchev–Trinajstić information content (AvgIpc) is 2.75. The van der Waals surface area contributed by atoms with Crippen LogP contribution >= 0.6 is 0 Å². The van der Waals surface area contributed by atoms with E-state index in [4.69, 9.17) is 4.42 Å². The highest BCUT2D eigenvalue weighted by atomic mass is 32.2. The van der Waals surface area contributed by atoms with E-state index >= 15 is 0 Å². The first-order chi connectivity index (χ1) is 14.9. The summed E-state index contributed by atoms with van der Waals surface area (Å²) in [6.07, 6.45) is 1.40. The number of carbonyl (C=O) groups excluding carboxylic acids is 1. The van der Waals surface area contributed by atoms with E-state index in [2.05, 4.69) is 10.3 Å². The highest BCUT2D eigenvalue weighted by Crippen LogP contribution is 2.26. The zero-order chi connectivity index (χ0) is 22.0. The molecule has 0 fully saturated rings. The molecule has 1 N–H and O–H groups in total. The number of para-hydroxylation sites is 1. The molecule has 0 saturated heterocycles. The normalized spacial score (nSPS) is 10.9. The number of benzene rings is 2. The number of aryl methyl sites for hydroxylation is 1.